The van der Waals surface area contributed by atoms with Crippen LogP contribution in [0, 0.1) is 0 Å². The first-order valence-electron chi connectivity index (χ1n) is 7.40. The fraction of sp³-hybridized carbons (Fsp3) is 0.250. The van der Waals surface area contributed by atoms with Crippen LogP contribution in [-0.2, 0) is 10.2 Å². The summed E-state index contributed by atoms with van der Waals surface area (Å²) in [4.78, 5) is 11.8. The maximum absolute atomic E-state index is 11.8. The highest BCUT2D eigenvalue weighted by molar-refractivity contribution is 5.93. The number of fused-ring (bicyclic) bond motifs is 1. The quantitative estimate of drug-likeness (QED) is 0.790. The summed E-state index contributed by atoms with van der Waals surface area (Å²) in [6.07, 6.45) is 0.520. The van der Waals surface area contributed by atoms with Crippen molar-refractivity contribution in [3.63, 3.8) is 0 Å². The number of carbonyl (C=O) groups excluding carboxylic acids is 1. The molecule has 0 heterocycles. The van der Waals surface area contributed by atoms with E-state index in [9.17, 15) is 4.79 Å². The van der Waals surface area contributed by atoms with Gasteiger partial charge in [-0.3, -0.25) is 4.79 Å². The van der Waals surface area contributed by atoms with E-state index in [1.165, 1.54) is 27.8 Å². The van der Waals surface area contributed by atoms with Crippen LogP contribution < -0.4 is 0 Å². The van der Waals surface area contributed by atoms with Crippen LogP contribution in [0.4, 0.5) is 0 Å². The van der Waals surface area contributed by atoms with Gasteiger partial charge >= 0.3 is 0 Å². The van der Waals surface area contributed by atoms with Crippen LogP contribution >= 0.6 is 0 Å². The summed E-state index contributed by atoms with van der Waals surface area (Å²) >= 11 is 0. The van der Waals surface area contributed by atoms with E-state index in [4.69, 9.17) is 0 Å². The summed E-state index contributed by atoms with van der Waals surface area (Å²) in [5.74, 6) is 0.222. The molecule has 1 aliphatic rings. The molecule has 0 fully saturated rings. The molecule has 2 aromatic rings. The Morgan fingerprint density at radius 3 is 2.24 bits per heavy atom. The van der Waals surface area contributed by atoms with Gasteiger partial charge in [0, 0.05) is 11.8 Å². The van der Waals surface area contributed by atoms with E-state index in [1.807, 2.05) is 6.07 Å². The van der Waals surface area contributed by atoms with Gasteiger partial charge in [-0.05, 0) is 34.8 Å². The molecule has 106 valence electrons. The summed E-state index contributed by atoms with van der Waals surface area (Å²) in [5.41, 5.74) is 6.18. The highest BCUT2D eigenvalue weighted by Crippen LogP contribution is 2.49. The second kappa shape index (κ2) is 5.00. The van der Waals surface area contributed by atoms with Crippen LogP contribution in [0.3, 0.4) is 0 Å². The fourth-order valence-electron chi connectivity index (χ4n) is 3.38. The first-order valence-corrected chi connectivity index (χ1v) is 7.40. The third-order valence-electron chi connectivity index (χ3n) is 4.41. The molecule has 0 bridgehead atoms. The van der Waals surface area contributed by atoms with E-state index in [0.717, 1.165) is 0 Å². The van der Waals surface area contributed by atoms with Crippen molar-refractivity contribution in [1.82, 2.24) is 0 Å². The van der Waals surface area contributed by atoms with Crippen LogP contribution in [0.25, 0.3) is 5.57 Å². The average Bonchev–Trinajstić information content (AvgIpc) is 2.68. The first-order chi connectivity index (χ1) is 10.0. The zero-order valence-corrected chi connectivity index (χ0v) is 12.8. The minimum absolute atomic E-state index is 0.0898. The van der Waals surface area contributed by atoms with E-state index >= 15 is 0 Å². The fourth-order valence-corrected chi connectivity index (χ4v) is 3.38. The van der Waals surface area contributed by atoms with E-state index in [-0.39, 0.29) is 11.2 Å². The number of hydrogen-bond donors (Lipinski definition) is 0. The number of allylic oxidation sites excluding steroid dienone is 1. The van der Waals surface area contributed by atoms with E-state index in [1.54, 1.807) is 6.92 Å². The minimum atomic E-state index is -0.0898. The molecule has 3 rings (SSSR count). The lowest BCUT2D eigenvalue weighted by Crippen LogP contribution is -2.19. The molecule has 21 heavy (non-hydrogen) atoms. The van der Waals surface area contributed by atoms with Crippen molar-refractivity contribution in [3.8, 4) is 0 Å². The van der Waals surface area contributed by atoms with Crippen LogP contribution in [0.15, 0.2) is 60.2 Å². The molecule has 0 aromatic heterocycles. The highest BCUT2D eigenvalue weighted by Gasteiger charge is 2.37. The molecular weight excluding hydrogens is 256 g/mol. The number of carbonyl (C=O) groups is 1. The third-order valence-corrected chi connectivity index (χ3v) is 4.41. The Balaban J connectivity index is 2.29. The van der Waals surface area contributed by atoms with Gasteiger partial charge in [-0.2, -0.15) is 0 Å². The molecule has 0 saturated heterocycles. The number of hydrogen-bond acceptors (Lipinski definition) is 1. The zero-order chi connectivity index (χ0) is 15.0. The molecule has 0 N–H and O–H groups in total. The SMILES string of the molecule is CC(=O)CC1=C(c2ccccc2)c2ccccc2C1(C)C. The maximum Gasteiger partial charge on any atom is 0.133 e. The largest absolute Gasteiger partial charge is 0.300 e. The Morgan fingerprint density at radius 1 is 0.952 bits per heavy atom. The Labute approximate surface area is 126 Å². The van der Waals surface area contributed by atoms with Gasteiger partial charge in [0.25, 0.3) is 0 Å². The maximum atomic E-state index is 11.8. The molecule has 0 radical (unpaired) electrons. The lowest BCUT2D eigenvalue weighted by molar-refractivity contribution is -0.116. The van der Waals surface area contributed by atoms with Crippen LogP contribution in [-0.4, -0.2) is 5.78 Å². The summed E-state index contributed by atoms with van der Waals surface area (Å²) in [6, 6.07) is 18.9. The molecule has 0 atom stereocenters. The first kappa shape index (κ1) is 13.8. The summed E-state index contributed by atoms with van der Waals surface area (Å²) in [6.45, 7) is 6.12. The lowest BCUT2D eigenvalue weighted by atomic mass is 9.79. The second-order valence-corrected chi connectivity index (χ2v) is 6.27. The topological polar surface area (TPSA) is 17.1 Å². The predicted molar refractivity (Wildman–Crippen MR) is 87.2 cm³/mol. The molecule has 0 amide bonds. The van der Waals surface area contributed by atoms with Gasteiger partial charge in [-0.15, -0.1) is 0 Å². The Morgan fingerprint density at radius 2 is 1.57 bits per heavy atom. The monoisotopic (exact) mass is 276 g/mol. The molecule has 0 aliphatic heterocycles. The predicted octanol–water partition coefficient (Wildman–Crippen LogP) is 4.76. The Bertz CT molecular complexity index is 721. The molecular formula is C20H20O. The van der Waals surface area contributed by atoms with Crippen molar-refractivity contribution >= 4 is 11.4 Å². The Hall–Kier alpha value is -2.15. The zero-order valence-electron chi connectivity index (χ0n) is 12.8. The lowest BCUT2D eigenvalue weighted by Gasteiger charge is -2.24. The summed E-state index contributed by atoms with van der Waals surface area (Å²) in [5, 5.41) is 0. The van der Waals surface area contributed by atoms with Gasteiger partial charge in [0.2, 0.25) is 0 Å². The molecule has 1 nitrogen and oxygen atoms in total. The molecule has 0 saturated carbocycles. The van der Waals surface area contributed by atoms with Gasteiger partial charge in [-0.1, -0.05) is 68.4 Å². The standard InChI is InChI=1S/C20H20O/c1-14(21)13-18-19(15-9-5-4-6-10-15)16-11-7-8-12-17(16)20(18,2)3/h4-12H,13H2,1-3H3. The van der Waals surface area contributed by atoms with E-state index < -0.39 is 0 Å². The minimum Gasteiger partial charge on any atom is -0.300 e. The van der Waals surface area contributed by atoms with Crippen molar-refractivity contribution in [2.24, 2.45) is 0 Å². The van der Waals surface area contributed by atoms with Gasteiger partial charge in [0.1, 0.15) is 5.78 Å². The van der Waals surface area contributed by atoms with Gasteiger partial charge < -0.3 is 0 Å². The molecule has 1 heteroatoms. The van der Waals surface area contributed by atoms with Gasteiger partial charge in [0.05, 0.1) is 0 Å². The number of ketones is 1. The normalized spacial score (nSPS) is 16.0. The molecule has 1 aliphatic carbocycles. The highest BCUT2D eigenvalue weighted by atomic mass is 16.1. The van der Waals surface area contributed by atoms with Crippen molar-refractivity contribution in [2.75, 3.05) is 0 Å². The van der Waals surface area contributed by atoms with Crippen LogP contribution in [0.1, 0.15) is 43.9 Å². The van der Waals surface area contributed by atoms with Gasteiger partial charge in [-0.25, -0.2) is 0 Å². The average molecular weight is 276 g/mol. The third kappa shape index (κ3) is 2.23. The van der Waals surface area contributed by atoms with E-state index in [0.29, 0.717) is 6.42 Å². The van der Waals surface area contributed by atoms with Crippen molar-refractivity contribution < 1.29 is 4.79 Å². The van der Waals surface area contributed by atoms with Crippen LogP contribution in [0.5, 0.6) is 0 Å². The molecule has 0 unspecified atom stereocenters. The number of rotatable bonds is 3. The van der Waals surface area contributed by atoms with Crippen molar-refractivity contribution in [2.45, 2.75) is 32.6 Å². The van der Waals surface area contributed by atoms with Crippen molar-refractivity contribution in [3.05, 3.63) is 76.9 Å². The van der Waals surface area contributed by atoms with E-state index in [2.05, 4.69) is 62.4 Å². The Kier molecular flexibility index (Phi) is 3.29. The molecule has 2 aromatic carbocycles. The van der Waals surface area contributed by atoms with Crippen molar-refractivity contribution in [1.29, 1.82) is 0 Å². The summed E-state index contributed by atoms with van der Waals surface area (Å²) in [7, 11) is 0. The number of Topliss-reactive ketones (excluding diaryl/α,β-unsaturated/α-hetero) is 1. The second-order valence-electron chi connectivity index (χ2n) is 6.27. The van der Waals surface area contributed by atoms with Crippen LogP contribution in [0.2, 0.25) is 0 Å². The number of benzene rings is 2. The van der Waals surface area contributed by atoms with Gasteiger partial charge in [0.15, 0.2) is 0 Å². The smallest absolute Gasteiger partial charge is 0.133 e. The molecule has 0 spiro atoms. The summed E-state index contributed by atoms with van der Waals surface area (Å²) < 4.78 is 0.